The van der Waals surface area contributed by atoms with E-state index in [1.165, 1.54) is 0 Å². The van der Waals surface area contributed by atoms with Crippen LogP contribution in [0.4, 0.5) is 0 Å². The van der Waals surface area contributed by atoms with Crippen LogP contribution >= 0.6 is 0 Å². The average Bonchev–Trinajstić information content (AvgIpc) is 2.01. The number of guanidine groups is 1. The maximum Gasteiger partial charge on any atom is 0.358 e. The second-order valence-electron chi connectivity index (χ2n) is 1.69. The van der Waals surface area contributed by atoms with Gasteiger partial charge in [-0.15, -0.1) is 4.91 Å². The summed E-state index contributed by atoms with van der Waals surface area (Å²) in [6.07, 6.45) is 0. The molecule has 0 bridgehead atoms. The predicted molar refractivity (Wildman–Crippen MR) is 37.1 cm³/mol. The number of nitrogens with zero attached hydrogens (tertiary/aromatic N) is 5. The van der Waals surface area contributed by atoms with E-state index >= 15 is 0 Å². The lowest BCUT2D eigenvalue weighted by molar-refractivity contribution is -0.882. The SMILES string of the molecule is CN(N=O)C(=N)N([N+](=O)[O-])[N+](=O)[O-]. The second kappa shape index (κ2) is 3.89. The highest BCUT2D eigenvalue weighted by atomic mass is 16.8. The van der Waals surface area contributed by atoms with E-state index < -0.39 is 21.1 Å². The summed E-state index contributed by atoms with van der Waals surface area (Å²) < 4.78 is 0. The standard InChI is InChI=1S/C2H4N6O5/c1-5(4-9)2(3)6(7(10)11)8(12)13/h3H,1H3. The quantitative estimate of drug-likeness (QED) is 0.203. The fraction of sp³-hybridized carbons (Fsp3) is 0.500. The number of hydrogen-bond acceptors (Lipinski definition) is 7. The van der Waals surface area contributed by atoms with Crippen molar-refractivity contribution in [3.63, 3.8) is 0 Å². The molecule has 0 saturated carbocycles. The zero-order chi connectivity index (χ0) is 10.6. The van der Waals surface area contributed by atoms with Crippen molar-refractivity contribution in [2.45, 2.75) is 0 Å². The molecule has 0 aliphatic heterocycles. The van der Waals surface area contributed by atoms with E-state index in [9.17, 15) is 25.1 Å². The minimum absolute atomic E-state index is 0.144. The van der Waals surface area contributed by atoms with Gasteiger partial charge in [0.05, 0.1) is 5.29 Å². The van der Waals surface area contributed by atoms with Crippen molar-refractivity contribution in [3.05, 3.63) is 25.1 Å². The van der Waals surface area contributed by atoms with E-state index in [4.69, 9.17) is 5.41 Å². The first-order valence-electron chi connectivity index (χ1n) is 2.66. The highest BCUT2D eigenvalue weighted by Crippen LogP contribution is 1.95. The molecule has 0 unspecified atom stereocenters. The van der Waals surface area contributed by atoms with E-state index in [1.807, 2.05) is 0 Å². The molecule has 0 saturated heterocycles. The molecule has 72 valence electrons. The summed E-state index contributed by atoms with van der Waals surface area (Å²) in [4.78, 5) is 29.7. The molecule has 0 heterocycles. The van der Waals surface area contributed by atoms with Crippen LogP contribution in [0, 0.1) is 30.5 Å². The summed E-state index contributed by atoms with van der Waals surface area (Å²) in [6, 6.07) is 0. The molecule has 11 heteroatoms. The Hall–Kier alpha value is -2.33. The largest absolute Gasteiger partial charge is 0.358 e. The van der Waals surface area contributed by atoms with Crippen molar-refractivity contribution < 1.29 is 10.1 Å². The van der Waals surface area contributed by atoms with Crippen LogP contribution in [-0.4, -0.2) is 33.2 Å². The average molecular weight is 192 g/mol. The van der Waals surface area contributed by atoms with Crippen molar-refractivity contribution in [2.75, 3.05) is 7.05 Å². The molecule has 0 rings (SSSR count). The van der Waals surface area contributed by atoms with E-state index in [1.54, 1.807) is 0 Å². The van der Waals surface area contributed by atoms with Gasteiger partial charge in [-0.25, -0.2) is 20.2 Å². The van der Waals surface area contributed by atoms with Gasteiger partial charge in [-0.1, -0.05) is 0 Å². The van der Waals surface area contributed by atoms with Gasteiger partial charge in [-0.2, -0.15) is 5.01 Å². The topological polar surface area (TPSA) is 146 Å². The number of nitroso groups, excluding NO2 is 1. The van der Waals surface area contributed by atoms with Crippen molar-refractivity contribution in [1.82, 2.24) is 10.1 Å². The van der Waals surface area contributed by atoms with Gasteiger partial charge in [0, 0.05) is 7.05 Å². The Kier molecular flexibility index (Phi) is 3.19. The van der Waals surface area contributed by atoms with E-state index in [-0.39, 0.29) is 5.01 Å². The third-order valence-electron chi connectivity index (χ3n) is 0.928. The Morgan fingerprint density at radius 3 is 2.00 bits per heavy atom. The third kappa shape index (κ3) is 2.32. The molecule has 0 aliphatic rings. The normalized spacial score (nSPS) is 8.69. The second-order valence-corrected chi connectivity index (χ2v) is 1.69. The van der Waals surface area contributed by atoms with Crippen LogP contribution in [-0.2, 0) is 0 Å². The molecule has 0 aromatic carbocycles. The molecule has 13 heavy (non-hydrogen) atoms. The van der Waals surface area contributed by atoms with Crippen LogP contribution < -0.4 is 0 Å². The Bertz CT molecular complexity index is 248. The number of nitrogens with one attached hydrogen (secondary N) is 1. The minimum Gasteiger partial charge on any atom is -0.257 e. The lowest BCUT2D eigenvalue weighted by atomic mass is 10.9. The van der Waals surface area contributed by atoms with E-state index in [2.05, 4.69) is 5.29 Å². The Morgan fingerprint density at radius 1 is 1.38 bits per heavy atom. The molecule has 1 N–H and O–H groups in total. The maximum absolute atomic E-state index is 9.98. The molecule has 0 aliphatic carbocycles. The van der Waals surface area contributed by atoms with Crippen LogP contribution in [0.5, 0.6) is 0 Å². The van der Waals surface area contributed by atoms with Gasteiger partial charge in [0.1, 0.15) is 0 Å². The number of hydrogen-bond donors (Lipinski definition) is 1. The Labute approximate surface area is 70.2 Å². The van der Waals surface area contributed by atoms with Crippen molar-refractivity contribution in [2.24, 2.45) is 5.29 Å². The fourth-order valence-electron chi connectivity index (χ4n) is 0.382. The predicted octanol–water partition coefficient (Wildman–Crippen LogP) is -0.780. The van der Waals surface area contributed by atoms with Gasteiger partial charge >= 0.3 is 5.96 Å². The summed E-state index contributed by atoms with van der Waals surface area (Å²) in [5.74, 6) is -1.26. The fourth-order valence-corrected chi connectivity index (χ4v) is 0.382. The Morgan fingerprint density at radius 2 is 1.77 bits per heavy atom. The van der Waals surface area contributed by atoms with Crippen molar-refractivity contribution in [3.8, 4) is 0 Å². The summed E-state index contributed by atoms with van der Waals surface area (Å²) >= 11 is 0. The van der Waals surface area contributed by atoms with Crippen LogP contribution in [0.1, 0.15) is 0 Å². The first kappa shape index (κ1) is 10.7. The van der Waals surface area contributed by atoms with Crippen molar-refractivity contribution in [1.29, 1.82) is 5.41 Å². The van der Waals surface area contributed by atoms with Crippen LogP contribution in [0.25, 0.3) is 0 Å². The molecular weight excluding hydrogens is 188 g/mol. The highest BCUT2D eigenvalue weighted by Gasteiger charge is 2.37. The highest BCUT2D eigenvalue weighted by molar-refractivity contribution is 5.73. The zero-order valence-electron chi connectivity index (χ0n) is 6.28. The lowest BCUT2D eigenvalue weighted by Gasteiger charge is -2.07. The zero-order valence-corrected chi connectivity index (χ0v) is 6.28. The van der Waals surface area contributed by atoms with Gasteiger partial charge < -0.3 is 0 Å². The molecule has 0 radical (unpaired) electrons. The van der Waals surface area contributed by atoms with Gasteiger partial charge in [-0.05, 0) is 0 Å². The van der Waals surface area contributed by atoms with E-state index in [0.717, 1.165) is 7.05 Å². The smallest absolute Gasteiger partial charge is 0.257 e. The number of nitro groups is 2. The van der Waals surface area contributed by atoms with Crippen LogP contribution in [0.15, 0.2) is 5.29 Å². The molecular formula is C2H4N6O5. The van der Waals surface area contributed by atoms with E-state index in [0.29, 0.717) is 0 Å². The number of rotatable bonds is 3. The van der Waals surface area contributed by atoms with Gasteiger partial charge in [0.25, 0.3) is 0 Å². The Balaban J connectivity index is 4.76. The summed E-state index contributed by atoms with van der Waals surface area (Å²) in [5.41, 5.74) is 0. The van der Waals surface area contributed by atoms with Crippen LogP contribution in [0.3, 0.4) is 0 Å². The van der Waals surface area contributed by atoms with Crippen LogP contribution in [0.2, 0.25) is 0 Å². The molecule has 0 amide bonds. The van der Waals surface area contributed by atoms with Gasteiger partial charge in [0.15, 0.2) is 0 Å². The molecule has 0 spiro atoms. The van der Waals surface area contributed by atoms with Crippen molar-refractivity contribution >= 4 is 5.96 Å². The summed E-state index contributed by atoms with van der Waals surface area (Å²) in [7, 11) is 0.870. The minimum atomic E-state index is -1.45. The lowest BCUT2D eigenvalue weighted by Crippen LogP contribution is -2.46. The third-order valence-corrected chi connectivity index (χ3v) is 0.928. The molecule has 11 nitrogen and oxygen atoms in total. The van der Waals surface area contributed by atoms with Gasteiger partial charge in [0.2, 0.25) is 15.2 Å². The maximum atomic E-state index is 9.98. The summed E-state index contributed by atoms with van der Waals surface area (Å²) in [5, 5.41) is 25.3. The number of hydrazine groups is 2. The molecule has 0 fully saturated rings. The molecule has 0 aromatic heterocycles. The molecule has 0 atom stereocenters. The van der Waals surface area contributed by atoms with Gasteiger partial charge in [-0.3, -0.25) is 5.41 Å². The first-order valence-corrected chi connectivity index (χ1v) is 2.66. The summed E-state index contributed by atoms with van der Waals surface area (Å²) in [6.45, 7) is 0. The molecule has 0 aromatic rings. The first-order chi connectivity index (χ1) is 5.91. The monoisotopic (exact) mass is 192 g/mol.